The number of hydrogen-bond donors (Lipinski definition) is 3. The van der Waals surface area contributed by atoms with Crippen LogP contribution in [0.25, 0.3) is 0 Å². The van der Waals surface area contributed by atoms with Crippen molar-refractivity contribution in [3.05, 3.63) is 12.2 Å². The van der Waals surface area contributed by atoms with Crippen LogP contribution in [0.1, 0.15) is 399 Å². The summed E-state index contributed by atoms with van der Waals surface area (Å²) >= 11 is 0. The van der Waals surface area contributed by atoms with Gasteiger partial charge in [0.25, 0.3) is 0 Å². The topological polar surface area (TPSA) is 95.9 Å². The summed E-state index contributed by atoms with van der Waals surface area (Å²) in [4.78, 5) is 24.5. The first kappa shape index (κ1) is 74.6. The van der Waals surface area contributed by atoms with Gasteiger partial charge in [0, 0.05) is 12.8 Å². The minimum atomic E-state index is -0.837. The molecule has 0 aromatic carbocycles. The van der Waals surface area contributed by atoms with Crippen molar-refractivity contribution >= 4 is 11.9 Å². The molecule has 0 spiro atoms. The van der Waals surface area contributed by atoms with Gasteiger partial charge < -0.3 is 20.3 Å². The molecule has 0 heterocycles. The number of esters is 1. The molecular weight excluding hydrogens is 935 g/mol. The lowest BCUT2D eigenvalue weighted by Gasteiger charge is -2.20. The van der Waals surface area contributed by atoms with E-state index in [0.29, 0.717) is 19.4 Å². The molecule has 452 valence electrons. The number of ether oxygens (including phenoxy) is 1. The number of carbonyl (C=O) groups excluding carboxylic acids is 2. The van der Waals surface area contributed by atoms with Gasteiger partial charge in [0.15, 0.2) is 0 Å². The van der Waals surface area contributed by atoms with Crippen LogP contribution < -0.4 is 5.32 Å². The van der Waals surface area contributed by atoms with Crippen molar-refractivity contribution < 1.29 is 24.5 Å². The highest BCUT2D eigenvalue weighted by atomic mass is 16.5. The summed E-state index contributed by atoms with van der Waals surface area (Å²) in [6.45, 7) is 4.91. The van der Waals surface area contributed by atoms with Crippen LogP contribution in [0.3, 0.4) is 0 Å². The largest absolute Gasteiger partial charge is 0.466 e. The minimum absolute atomic E-state index is 0.0260. The van der Waals surface area contributed by atoms with Gasteiger partial charge in [0.1, 0.15) is 0 Å². The Morgan fingerprint density at radius 3 is 0.895 bits per heavy atom. The molecule has 76 heavy (non-hydrogen) atoms. The molecule has 0 bridgehead atoms. The molecule has 6 heteroatoms. The fourth-order valence-corrected chi connectivity index (χ4v) is 11.2. The van der Waals surface area contributed by atoms with Gasteiger partial charge in [0.05, 0.1) is 25.4 Å². The van der Waals surface area contributed by atoms with Crippen molar-refractivity contribution in [2.75, 3.05) is 13.2 Å². The van der Waals surface area contributed by atoms with Gasteiger partial charge in [-0.3, -0.25) is 9.59 Å². The molecule has 0 aromatic heterocycles. The highest BCUT2D eigenvalue weighted by Gasteiger charge is 2.18. The molecule has 0 saturated heterocycles. The summed E-state index contributed by atoms with van der Waals surface area (Å²) in [6, 6.07) is -0.620. The molecule has 0 radical (unpaired) electrons. The molecule has 0 saturated carbocycles. The van der Waals surface area contributed by atoms with Crippen molar-refractivity contribution in [1.29, 1.82) is 0 Å². The Morgan fingerprint density at radius 2 is 0.605 bits per heavy atom. The third-order valence-corrected chi connectivity index (χ3v) is 16.6. The van der Waals surface area contributed by atoms with E-state index in [0.717, 1.165) is 38.5 Å². The Hall–Kier alpha value is -1.40. The third-order valence-electron chi connectivity index (χ3n) is 16.6. The minimum Gasteiger partial charge on any atom is -0.466 e. The Balaban J connectivity index is 3.27. The van der Waals surface area contributed by atoms with Gasteiger partial charge in [-0.05, 0) is 32.1 Å². The molecule has 0 aliphatic rings. The number of hydrogen-bond acceptors (Lipinski definition) is 5. The molecule has 3 N–H and O–H groups in total. The van der Waals surface area contributed by atoms with E-state index in [2.05, 4.69) is 19.2 Å². The molecule has 0 fully saturated rings. The van der Waals surface area contributed by atoms with E-state index in [9.17, 15) is 19.8 Å². The molecular formula is C70H137NO5. The first-order valence-electron chi connectivity index (χ1n) is 35.0. The van der Waals surface area contributed by atoms with E-state index in [1.165, 1.54) is 334 Å². The van der Waals surface area contributed by atoms with Crippen LogP contribution >= 0.6 is 0 Å². The lowest BCUT2D eigenvalue weighted by molar-refractivity contribution is -0.143. The van der Waals surface area contributed by atoms with Crippen molar-refractivity contribution in [3.8, 4) is 0 Å². The number of amides is 1. The van der Waals surface area contributed by atoms with Gasteiger partial charge in [-0.15, -0.1) is 0 Å². The molecule has 1 amide bonds. The third kappa shape index (κ3) is 61.8. The summed E-state index contributed by atoms with van der Waals surface area (Å²) in [5.74, 6) is -0.0376. The Kier molecular flexibility index (Phi) is 64.9. The van der Waals surface area contributed by atoms with Crippen LogP contribution in [-0.2, 0) is 14.3 Å². The van der Waals surface area contributed by atoms with E-state index < -0.39 is 12.1 Å². The zero-order valence-electron chi connectivity index (χ0n) is 51.8. The normalized spacial score (nSPS) is 12.5. The summed E-state index contributed by atoms with van der Waals surface area (Å²) < 4.78 is 5.50. The van der Waals surface area contributed by atoms with E-state index in [1.807, 2.05) is 6.08 Å². The quantitative estimate of drug-likeness (QED) is 0.0320. The Labute approximate surface area is 476 Å². The van der Waals surface area contributed by atoms with E-state index in [1.54, 1.807) is 6.08 Å². The van der Waals surface area contributed by atoms with Crippen LogP contribution in [0, 0.1) is 0 Å². The molecule has 2 atom stereocenters. The highest BCUT2D eigenvalue weighted by Crippen LogP contribution is 2.19. The predicted octanol–water partition coefficient (Wildman–Crippen LogP) is 22.4. The predicted molar refractivity (Wildman–Crippen MR) is 333 cm³/mol. The highest BCUT2D eigenvalue weighted by molar-refractivity contribution is 5.76. The number of nitrogens with one attached hydrogen (secondary N) is 1. The lowest BCUT2D eigenvalue weighted by Crippen LogP contribution is -2.45. The molecule has 0 aromatic rings. The first-order valence-corrected chi connectivity index (χ1v) is 35.0. The van der Waals surface area contributed by atoms with Crippen molar-refractivity contribution in [2.45, 2.75) is 411 Å². The number of carbonyl (C=O) groups is 2. The van der Waals surface area contributed by atoms with E-state index >= 15 is 0 Å². The van der Waals surface area contributed by atoms with Crippen molar-refractivity contribution in [3.63, 3.8) is 0 Å². The number of unbranched alkanes of at least 4 members (excludes halogenated alkanes) is 55. The zero-order chi connectivity index (χ0) is 55.0. The molecule has 2 unspecified atom stereocenters. The number of allylic oxidation sites excluding steroid dienone is 1. The smallest absolute Gasteiger partial charge is 0.305 e. The van der Waals surface area contributed by atoms with Crippen LogP contribution in [0.2, 0.25) is 0 Å². The van der Waals surface area contributed by atoms with E-state index in [-0.39, 0.29) is 18.5 Å². The van der Waals surface area contributed by atoms with Gasteiger partial charge in [-0.1, -0.05) is 366 Å². The fourth-order valence-electron chi connectivity index (χ4n) is 11.2. The summed E-state index contributed by atoms with van der Waals surface area (Å²) in [5.41, 5.74) is 0. The lowest BCUT2D eigenvalue weighted by atomic mass is 10.0. The van der Waals surface area contributed by atoms with Crippen molar-refractivity contribution in [2.24, 2.45) is 0 Å². The summed E-state index contributed by atoms with van der Waals surface area (Å²) in [7, 11) is 0. The second kappa shape index (κ2) is 66.1. The molecule has 0 aliphatic heterocycles. The fraction of sp³-hybridized carbons (Fsp3) is 0.943. The number of aliphatic hydroxyl groups excluding tert-OH is 2. The van der Waals surface area contributed by atoms with E-state index in [4.69, 9.17) is 4.74 Å². The van der Waals surface area contributed by atoms with Crippen LogP contribution in [0.5, 0.6) is 0 Å². The maximum absolute atomic E-state index is 12.4. The molecule has 0 aliphatic carbocycles. The molecule has 0 rings (SSSR count). The molecule has 6 nitrogen and oxygen atoms in total. The summed E-state index contributed by atoms with van der Waals surface area (Å²) in [6.07, 6.45) is 81.8. The van der Waals surface area contributed by atoms with Crippen molar-refractivity contribution in [1.82, 2.24) is 5.32 Å². The monoisotopic (exact) mass is 1070 g/mol. The average molecular weight is 1070 g/mol. The van der Waals surface area contributed by atoms with Gasteiger partial charge in [-0.2, -0.15) is 0 Å². The maximum atomic E-state index is 12.4. The standard InChI is InChI=1S/C70H137NO5/c1-3-5-7-9-11-13-14-15-37-41-44-48-52-56-60-64-70(75)76-65-61-57-53-49-45-42-39-36-34-32-30-28-26-24-22-20-18-16-17-19-21-23-25-27-29-31-33-35-38-40-43-47-51-55-59-63-69(74)71-67(66-72)68(73)62-58-54-50-46-12-10-8-6-4-2/h58,62,67-68,72-73H,3-57,59-61,63-66H2,1-2H3,(H,71,74)/b62-58+. The second-order valence-electron chi connectivity index (χ2n) is 24.2. The Morgan fingerprint density at radius 1 is 0.355 bits per heavy atom. The Bertz CT molecular complexity index is 1140. The second-order valence-corrected chi connectivity index (χ2v) is 24.2. The van der Waals surface area contributed by atoms with Crippen LogP contribution in [0.15, 0.2) is 12.2 Å². The average Bonchev–Trinajstić information content (AvgIpc) is 3.42. The summed E-state index contributed by atoms with van der Waals surface area (Å²) in [5, 5.41) is 23.0. The van der Waals surface area contributed by atoms with Crippen LogP contribution in [0.4, 0.5) is 0 Å². The number of aliphatic hydroxyl groups is 2. The maximum Gasteiger partial charge on any atom is 0.305 e. The number of rotatable bonds is 66. The van der Waals surface area contributed by atoms with Gasteiger partial charge in [0.2, 0.25) is 5.91 Å². The van der Waals surface area contributed by atoms with Gasteiger partial charge >= 0.3 is 5.97 Å². The zero-order valence-corrected chi connectivity index (χ0v) is 51.8. The first-order chi connectivity index (χ1) is 37.5. The van der Waals surface area contributed by atoms with Gasteiger partial charge in [-0.25, -0.2) is 0 Å². The SMILES string of the molecule is CCCCCCCCC/C=C/C(O)C(CO)NC(=O)CCCCCCCCCCCCCCCCCCCCCCCCCCCCCCCCCCCCCOC(=O)CCCCCCCCCCCCCCCCC. The van der Waals surface area contributed by atoms with Crippen LogP contribution in [-0.4, -0.2) is 47.4 Å².